The van der Waals surface area contributed by atoms with E-state index in [4.69, 9.17) is 0 Å². The molecule has 0 heterocycles. The summed E-state index contributed by atoms with van der Waals surface area (Å²) in [6.45, 7) is 0.460. The molecule has 0 radical (unpaired) electrons. The van der Waals surface area contributed by atoms with Gasteiger partial charge in [-0.15, -0.1) is 0 Å². The molecule has 2 nitrogen and oxygen atoms in total. The quantitative estimate of drug-likeness (QED) is 0.669. The summed E-state index contributed by atoms with van der Waals surface area (Å²) in [5, 5.41) is 2.70. The second kappa shape index (κ2) is 5.16. The number of carbonyl (C=O) groups excluding carboxylic acids is 1. The molecule has 1 aromatic rings. The molecule has 0 atom stereocenters. The average Bonchev–Trinajstić information content (AvgIpc) is 2.16. The Morgan fingerprint density at radius 1 is 1.38 bits per heavy atom. The Morgan fingerprint density at radius 3 is 2.54 bits per heavy atom. The summed E-state index contributed by atoms with van der Waals surface area (Å²) in [4.78, 5) is 10.9. The SMILES string of the molecule is O=C(CI)NCc1ccc(F)cc1. The number of alkyl halides is 1. The van der Waals surface area contributed by atoms with Crippen molar-refractivity contribution in [2.75, 3.05) is 4.43 Å². The van der Waals surface area contributed by atoms with Crippen molar-refractivity contribution in [2.45, 2.75) is 6.54 Å². The standard InChI is InChI=1S/C9H9FINO/c10-8-3-1-7(2-4-8)6-12-9(13)5-11/h1-4H,5-6H2,(H,12,13). The maximum absolute atomic E-state index is 12.5. The summed E-state index contributed by atoms with van der Waals surface area (Å²) in [5.41, 5.74) is 0.902. The molecule has 0 saturated heterocycles. The molecule has 0 unspecified atom stereocenters. The first kappa shape index (κ1) is 10.4. The molecule has 13 heavy (non-hydrogen) atoms. The second-order valence-electron chi connectivity index (χ2n) is 2.54. The molecule has 0 aromatic heterocycles. The molecule has 1 amide bonds. The lowest BCUT2D eigenvalue weighted by atomic mass is 10.2. The monoisotopic (exact) mass is 293 g/mol. The zero-order valence-electron chi connectivity index (χ0n) is 6.89. The molecule has 0 saturated carbocycles. The van der Waals surface area contributed by atoms with E-state index >= 15 is 0 Å². The largest absolute Gasteiger partial charge is 0.351 e. The molecular formula is C9H9FINO. The molecule has 0 aliphatic carbocycles. The third-order valence-electron chi connectivity index (χ3n) is 1.52. The van der Waals surface area contributed by atoms with Crippen LogP contribution >= 0.6 is 22.6 Å². The van der Waals surface area contributed by atoms with Gasteiger partial charge in [-0.25, -0.2) is 4.39 Å². The van der Waals surface area contributed by atoms with Crippen LogP contribution < -0.4 is 5.32 Å². The van der Waals surface area contributed by atoms with Crippen molar-refractivity contribution in [1.82, 2.24) is 5.32 Å². The number of nitrogens with one attached hydrogen (secondary N) is 1. The smallest absolute Gasteiger partial charge is 0.230 e. The topological polar surface area (TPSA) is 29.1 Å². The minimum atomic E-state index is -0.260. The van der Waals surface area contributed by atoms with Crippen molar-refractivity contribution in [1.29, 1.82) is 0 Å². The van der Waals surface area contributed by atoms with Crippen LogP contribution in [0.15, 0.2) is 24.3 Å². The molecule has 0 spiro atoms. The predicted molar refractivity (Wildman–Crippen MR) is 57.1 cm³/mol. The van der Waals surface area contributed by atoms with E-state index in [1.165, 1.54) is 12.1 Å². The number of rotatable bonds is 3. The molecule has 1 rings (SSSR count). The lowest BCUT2D eigenvalue weighted by Crippen LogP contribution is -2.23. The molecule has 0 fully saturated rings. The van der Waals surface area contributed by atoms with Gasteiger partial charge in [-0.05, 0) is 17.7 Å². The molecule has 0 bridgehead atoms. The maximum atomic E-state index is 12.5. The number of hydrogen-bond acceptors (Lipinski definition) is 1. The molecule has 0 aliphatic rings. The van der Waals surface area contributed by atoms with Gasteiger partial charge in [0.25, 0.3) is 0 Å². The van der Waals surface area contributed by atoms with Crippen LogP contribution in [0.5, 0.6) is 0 Å². The van der Waals surface area contributed by atoms with Crippen molar-refractivity contribution in [3.05, 3.63) is 35.6 Å². The van der Waals surface area contributed by atoms with Gasteiger partial charge >= 0.3 is 0 Å². The van der Waals surface area contributed by atoms with Crippen molar-refractivity contribution < 1.29 is 9.18 Å². The van der Waals surface area contributed by atoms with E-state index in [9.17, 15) is 9.18 Å². The Kier molecular flexibility index (Phi) is 4.14. The lowest BCUT2D eigenvalue weighted by molar-refractivity contribution is -0.118. The van der Waals surface area contributed by atoms with E-state index in [1.54, 1.807) is 12.1 Å². The van der Waals surface area contributed by atoms with Crippen molar-refractivity contribution in [3.63, 3.8) is 0 Å². The van der Waals surface area contributed by atoms with Crippen molar-refractivity contribution in [3.8, 4) is 0 Å². The Balaban J connectivity index is 2.46. The van der Waals surface area contributed by atoms with Gasteiger partial charge in [-0.1, -0.05) is 34.7 Å². The predicted octanol–water partition coefficient (Wildman–Crippen LogP) is 1.88. The van der Waals surface area contributed by atoms with Crippen LogP contribution in [0.2, 0.25) is 0 Å². The van der Waals surface area contributed by atoms with Crippen molar-refractivity contribution in [2.24, 2.45) is 0 Å². The number of benzene rings is 1. The molecule has 0 aliphatic heterocycles. The van der Waals surface area contributed by atoms with Gasteiger partial charge in [-0.3, -0.25) is 4.79 Å². The van der Waals surface area contributed by atoms with Crippen molar-refractivity contribution >= 4 is 28.5 Å². The van der Waals surface area contributed by atoms with Gasteiger partial charge in [0.15, 0.2) is 0 Å². The number of halogens is 2. The summed E-state index contributed by atoms with van der Waals surface area (Å²) in [6.07, 6.45) is 0. The minimum Gasteiger partial charge on any atom is -0.351 e. The third kappa shape index (κ3) is 3.71. The summed E-state index contributed by atoms with van der Waals surface area (Å²) < 4.78 is 12.9. The highest BCUT2D eigenvalue weighted by Gasteiger charge is 1.97. The van der Waals surface area contributed by atoms with E-state index in [2.05, 4.69) is 5.32 Å². The second-order valence-corrected chi connectivity index (χ2v) is 3.30. The summed E-state index contributed by atoms with van der Waals surface area (Å²) in [5.74, 6) is -0.270. The van der Waals surface area contributed by atoms with E-state index in [1.807, 2.05) is 22.6 Å². The van der Waals surface area contributed by atoms with Crippen LogP contribution in [0.4, 0.5) is 4.39 Å². The molecular weight excluding hydrogens is 284 g/mol. The fourth-order valence-electron chi connectivity index (χ4n) is 0.850. The van der Waals surface area contributed by atoms with Crippen LogP contribution in [-0.2, 0) is 11.3 Å². The minimum absolute atomic E-state index is 0.00933. The zero-order chi connectivity index (χ0) is 9.68. The number of hydrogen-bond donors (Lipinski definition) is 1. The van der Waals surface area contributed by atoms with Crippen LogP contribution in [0.25, 0.3) is 0 Å². The zero-order valence-corrected chi connectivity index (χ0v) is 9.05. The molecule has 70 valence electrons. The van der Waals surface area contributed by atoms with Crippen LogP contribution in [0.1, 0.15) is 5.56 Å². The summed E-state index contributed by atoms with van der Waals surface area (Å²) in [6, 6.07) is 6.07. The first-order chi connectivity index (χ1) is 6.22. The first-order valence-corrected chi connectivity index (χ1v) is 5.32. The maximum Gasteiger partial charge on any atom is 0.230 e. The summed E-state index contributed by atoms with van der Waals surface area (Å²) in [7, 11) is 0. The van der Waals surface area contributed by atoms with E-state index < -0.39 is 0 Å². The van der Waals surface area contributed by atoms with Crippen LogP contribution in [0, 0.1) is 5.82 Å². The Bertz CT molecular complexity index is 286. The number of carbonyl (C=O) groups is 1. The fourth-order valence-corrected chi connectivity index (χ4v) is 1.12. The highest BCUT2D eigenvalue weighted by molar-refractivity contribution is 14.1. The summed E-state index contributed by atoms with van der Waals surface area (Å²) >= 11 is 1.99. The molecule has 1 N–H and O–H groups in total. The molecule has 4 heteroatoms. The van der Waals surface area contributed by atoms with Gasteiger partial charge in [-0.2, -0.15) is 0 Å². The van der Waals surface area contributed by atoms with Gasteiger partial charge in [0.05, 0.1) is 4.43 Å². The Hall–Kier alpha value is -0.650. The van der Waals surface area contributed by atoms with Crippen LogP contribution in [0.3, 0.4) is 0 Å². The first-order valence-electron chi connectivity index (χ1n) is 3.79. The Labute approximate surface area is 89.7 Å². The lowest BCUT2D eigenvalue weighted by Gasteiger charge is -2.02. The van der Waals surface area contributed by atoms with E-state index in [0.29, 0.717) is 11.0 Å². The average molecular weight is 293 g/mol. The fraction of sp³-hybridized carbons (Fsp3) is 0.222. The highest BCUT2D eigenvalue weighted by Crippen LogP contribution is 2.01. The van der Waals surface area contributed by atoms with Gasteiger partial charge in [0, 0.05) is 6.54 Å². The molecule has 1 aromatic carbocycles. The van der Waals surface area contributed by atoms with Crippen LogP contribution in [-0.4, -0.2) is 10.3 Å². The Morgan fingerprint density at radius 2 is 2.00 bits per heavy atom. The van der Waals surface area contributed by atoms with E-state index in [-0.39, 0.29) is 11.7 Å². The number of amides is 1. The third-order valence-corrected chi connectivity index (χ3v) is 2.22. The highest BCUT2D eigenvalue weighted by atomic mass is 127. The van der Waals surface area contributed by atoms with E-state index in [0.717, 1.165) is 5.56 Å². The van der Waals surface area contributed by atoms with Gasteiger partial charge in [0.2, 0.25) is 5.91 Å². The normalized spacial score (nSPS) is 9.69. The van der Waals surface area contributed by atoms with Gasteiger partial charge < -0.3 is 5.32 Å². The van der Waals surface area contributed by atoms with Gasteiger partial charge in [0.1, 0.15) is 5.82 Å².